The van der Waals surface area contributed by atoms with Crippen LogP contribution in [0, 0.1) is 0 Å². The van der Waals surface area contributed by atoms with Crippen LogP contribution in [0.1, 0.15) is 58.9 Å². The maximum Gasteiger partial charge on any atom is 0.416 e. The number of benzene rings is 2. The molecule has 0 bridgehead atoms. The van der Waals surface area contributed by atoms with E-state index >= 15 is 0 Å². The molecule has 2 nitrogen and oxygen atoms in total. The SMILES string of the molecule is CC(OC1CCc2ncccc2C1c1ccccc1)c1cc(C(F)(F)F)cc(C(F)(F)F)c1. The predicted octanol–water partition coefficient (Wildman–Crippen LogP) is 7.34. The van der Waals surface area contributed by atoms with Crippen molar-refractivity contribution in [1.82, 2.24) is 4.98 Å². The third kappa shape index (κ3) is 5.05. The van der Waals surface area contributed by atoms with E-state index in [0.29, 0.717) is 12.8 Å². The highest BCUT2D eigenvalue weighted by Gasteiger charge is 2.38. The van der Waals surface area contributed by atoms with Gasteiger partial charge in [0.2, 0.25) is 0 Å². The van der Waals surface area contributed by atoms with Gasteiger partial charge in [-0.3, -0.25) is 4.98 Å². The standard InChI is InChI=1S/C25H21F6NO/c1-15(17-12-18(24(26,27)28)14-19(13-17)25(29,30)31)33-22-10-9-21-20(8-5-11-32-21)23(22)16-6-3-2-4-7-16/h2-8,11-15,22-23H,9-10H2,1H3. The minimum absolute atomic E-state index is 0.130. The monoisotopic (exact) mass is 465 g/mol. The summed E-state index contributed by atoms with van der Waals surface area (Å²) in [6.45, 7) is 1.48. The third-order valence-corrected chi connectivity index (χ3v) is 5.91. The van der Waals surface area contributed by atoms with Gasteiger partial charge in [0.05, 0.1) is 23.3 Å². The predicted molar refractivity (Wildman–Crippen MR) is 111 cm³/mol. The van der Waals surface area contributed by atoms with E-state index in [4.69, 9.17) is 4.74 Å². The van der Waals surface area contributed by atoms with Gasteiger partial charge in [0.25, 0.3) is 0 Å². The molecule has 0 amide bonds. The highest BCUT2D eigenvalue weighted by Crippen LogP contribution is 2.42. The Bertz CT molecular complexity index is 1080. The first-order chi connectivity index (χ1) is 15.5. The maximum atomic E-state index is 13.3. The van der Waals surface area contributed by atoms with E-state index in [-0.39, 0.29) is 17.5 Å². The molecule has 1 heterocycles. The average molecular weight is 465 g/mol. The molecule has 0 aliphatic heterocycles. The maximum absolute atomic E-state index is 13.3. The number of nitrogens with zero attached hydrogens (tertiary/aromatic N) is 1. The second kappa shape index (κ2) is 8.82. The lowest BCUT2D eigenvalue weighted by Gasteiger charge is -2.35. The van der Waals surface area contributed by atoms with Gasteiger partial charge in [-0.05, 0) is 60.7 Å². The summed E-state index contributed by atoms with van der Waals surface area (Å²) in [7, 11) is 0. The van der Waals surface area contributed by atoms with Gasteiger partial charge >= 0.3 is 12.4 Å². The summed E-state index contributed by atoms with van der Waals surface area (Å²) in [5, 5.41) is 0. The Morgan fingerprint density at radius 3 is 2.12 bits per heavy atom. The molecule has 3 aromatic rings. The summed E-state index contributed by atoms with van der Waals surface area (Å²) >= 11 is 0. The van der Waals surface area contributed by atoms with Crippen LogP contribution in [0.15, 0.2) is 66.9 Å². The molecule has 4 rings (SSSR count). The van der Waals surface area contributed by atoms with E-state index in [2.05, 4.69) is 4.98 Å². The van der Waals surface area contributed by atoms with Crippen LogP contribution in [0.2, 0.25) is 0 Å². The lowest BCUT2D eigenvalue weighted by molar-refractivity contribution is -0.143. The van der Waals surface area contributed by atoms with Crippen molar-refractivity contribution in [3.05, 3.63) is 100 Å². The van der Waals surface area contributed by atoms with Gasteiger partial charge in [0, 0.05) is 17.8 Å². The zero-order valence-corrected chi connectivity index (χ0v) is 17.6. The van der Waals surface area contributed by atoms with Crippen molar-refractivity contribution in [3.63, 3.8) is 0 Å². The van der Waals surface area contributed by atoms with Gasteiger partial charge in [0.1, 0.15) is 0 Å². The van der Waals surface area contributed by atoms with E-state index in [1.165, 1.54) is 6.92 Å². The van der Waals surface area contributed by atoms with Crippen LogP contribution < -0.4 is 0 Å². The number of hydrogen-bond acceptors (Lipinski definition) is 2. The molecule has 1 aliphatic rings. The van der Waals surface area contributed by atoms with Gasteiger partial charge in [-0.15, -0.1) is 0 Å². The van der Waals surface area contributed by atoms with E-state index in [1.54, 1.807) is 6.20 Å². The number of aromatic nitrogens is 1. The Hall–Kier alpha value is -2.87. The van der Waals surface area contributed by atoms with Gasteiger partial charge in [-0.2, -0.15) is 26.3 Å². The average Bonchev–Trinajstić information content (AvgIpc) is 2.78. The summed E-state index contributed by atoms with van der Waals surface area (Å²) in [5.41, 5.74) is -0.0461. The summed E-state index contributed by atoms with van der Waals surface area (Å²) in [4.78, 5) is 4.44. The van der Waals surface area contributed by atoms with Gasteiger partial charge < -0.3 is 4.74 Å². The quantitative estimate of drug-likeness (QED) is 0.376. The van der Waals surface area contributed by atoms with E-state index in [0.717, 1.165) is 29.0 Å². The molecule has 0 saturated heterocycles. The first kappa shape index (κ1) is 23.3. The second-order valence-electron chi connectivity index (χ2n) is 8.12. The Balaban J connectivity index is 1.70. The number of ether oxygens (including phenoxy) is 1. The van der Waals surface area contributed by atoms with Crippen molar-refractivity contribution < 1.29 is 31.1 Å². The molecule has 0 fully saturated rings. The minimum atomic E-state index is -4.91. The Kier molecular flexibility index (Phi) is 6.22. The fraction of sp³-hybridized carbons (Fsp3) is 0.320. The van der Waals surface area contributed by atoms with Crippen LogP contribution >= 0.6 is 0 Å². The van der Waals surface area contributed by atoms with Crippen LogP contribution in [0.4, 0.5) is 26.3 Å². The molecule has 3 atom stereocenters. The third-order valence-electron chi connectivity index (χ3n) is 5.91. The number of fused-ring (bicyclic) bond motifs is 1. The van der Waals surface area contributed by atoms with E-state index < -0.39 is 35.7 Å². The Labute approximate surface area is 187 Å². The van der Waals surface area contributed by atoms with Crippen molar-refractivity contribution in [3.8, 4) is 0 Å². The van der Waals surface area contributed by atoms with Crippen molar-refractivity contribution in [2.24, 2.45) is 0 Å². The zero-order valence-electron chi connectivity index (χ0n) is 17.6. The number of hydrogen-bond donors (Lipinski definition) is 0. The first-order valence-corrected chi connectivity index (χ1v) is 10.5. The summed E-state index contributed by atoms with van der Waals surface area (Å²) in [6.07, 6.45) is -8.39. The minimum Gasteiger partial charge on any atom is -0.370 e. The molecular formula is C25H21F6NO. The molecular weight excluding hydrogens is 444 g/mol. The van der Waals surface area contributed by atoms with Gasteiger partial charge in [-0.1, -0.05) is 36.4 Å². The molecule has 0 spiro atoms. The number of aryl methyl sites for hydroxylation is 1. The molecule has 0 radical (unpaired) electrons. The highest BCUT2D eigenvalue weighted by atomic mass is 19.4. The lowest BCUT2D eigenvalue weighted by Crippen LogP contribution is -2.30. The van der Waals surface area contributed by atoms with Crippen LogP contribution in [0.3, 0.4) is 0 Å². The van der Waals surface area contributed by atoms with E-state index in [9.17, 15) is 26.3 Å². The molecule has 33 heavy (non-hydrogen) atoms. The number of pyridine rings is 1. The topological polar surface area (TPSA) is 22.1 Å². The van der Waals surface area contributed by atoms with Crippen molar-refractivity contribution in [2.45, 2.75) is 50.2 Å². The number of rotatable bonds is 4. The van der Waals surface area contributed by atoms with Gasteiger partial charge in [-0.25, -0.2) is 0 Å². The molecule has 2 aromatic carbocycles. The van der Waals surface area contributed by atoms with Gasteiger partial charge in [0.15, 0.2) is 0 Å². The summed E-state index contributed by atoms with van der Waals surface area (Å²) in [5.74, 6) is -0.237. The number of halogens is 6. The Morgan fingerprint density at radius 1 is 0.879 bits per heavy atom. The molecule has 8 heteroatoms. The van der Waals surface area contributed by atoms with Crippen molar-refractivity contribution in [2.75, 3.05) is 0 Å². The summed E-state index contributed by atoms with van der Waals surface area (Å²) < 4.78 is 85.9. The molecule has 0 saturated carbocycles. The van der Waals surface area contributed by atoms with E-state index in [1.807, 2.05) is 42.5 Å². The molecule has 1 aliphatic carbocycles. The van der Waals surface area contributed by atoms with Crippen LogP contribution in [0.5, 0.6) is 0 Å². The fourth-order valence-electron chi connectivity index (χ4n) is 4.34. The van der Waals surface area contributed by atoms with Crippen molar-refractivity contribution in [1.29, 1.82) is 0 Å². The smallest absolute Gasteiger partial charge is 0.370 e. The largest absolute Gasteiger partial charge is 0.416 e. The Morgan fingerprint density at radius 2 is 1.52 bits per heavy atom. The molecule has 0 N–H and O–H groups in total. The zero-order chi connectivity index (χ0) is 23.8. The lowest BCUT2D eigenvalue weighted by atomic mass is 9.78. The van der Waals surface area contributed by atoms with Crippen molar-refractivity contribution >= 4 is 0 Å². The summed E-state index contributed by atoms with van der Waals surface area (Å²) in [6, 6.07) is 14.8. The molecule has 1 aromatic heterocycles. The normalized spacial score (nSPS) is 19.7. The molecule has 174 valence electrons. The van der Waals surface area contributed by atoms with Crippen LogP contribution in [-0.2, 0) is 23.5 Å². The molecule has 3 unspecified atom stereocenters. The fourth-order valence-corrected chi connectivity index (χ4v) is 4.34. The van der Waals surface area contributed by atoms with Crippen LogP contribution in [0.25, 0.3) is 0 Å². The first-order valence-electron chi connectivity index (χ1n) is 10.5. The highest BCUT2D eigenvalue weighted by molar-refractivity contribution is 5.39. The number of alkyl halides is 6. The second-order valence-corrected chi connectivity index (χ2v) is 8.12. The van der Waals surface area contributed by atoms with Crippen LogP contribution in [-0.4, -0.2) is 11.1 Å².